The standard InChI is InChI=1S/C25H36Cl2N4O2/c1-25(2,3)22(29-13-19(28)14-6-7-14)24(33)31-10-4-5-21(31)23(32)30-20-9-8-16-17(20)11-15(26)12-18(16)27/h11-12,14,19-22,29H,4-10,13,28H2,1-3H3,(H,30,32)/p+1/t19?,20?,21-,22+/m0/s1. The van der Waals surface area contributed by atoms with Gasteiger partial charge >= 0.3 is 0 Å². The smallest absolute Gasteiger partial charge is 0.243 e. The third-order valence-corrected chi connectivity index (χ3v) is 7.95. The van der Waals surface area contributed by atoms with Crippen LogP contribution in [0.3, 0.4) is 0 Å². The summed E-state index contributed by atoms with van der Waals surface area (Å²) in [6.07, 6.45) is 5.59. The number of carbonyl (C=O) groups is 2. The second kappa shape index (κ2) is 9.73. The second-order valence-corrected chi connectivity index (χ2v) is 11.9. The van der Waals surface area contributed by atoms with Gasteiger partial charge in [0, 0.05) is 29.1 Å². The molecule has 2 unspecified atom stereocenters. The quantitative estimate of drug-likeness (QED) is 0.542. The molecule has 8 heteroatoms. The van der Waals surface area contributed by atoms with Gasteiger partial charge in [-0.25, -0.2) is 0 Å². The number of fused-ring (bicyclic) bond motifs is 1. The van der Waals surface area contributed by atoms with Gasteiger partial charge in [-0.05, 0) is 67.2 Å². The van der Waals surface area contributed by atoms with Crippen molar-refractivity contribution in [2.45, 2.75) is 83.5 Å². The van der Waals surface area contributed by atoms with Crippen molar-refractivity contribution in [3.8, 4) is 0 Å². The van der Waals surface area contributed by atoms with Crippen LogP contribution in [0.1, 0.15) is 70.0 Å². The molecule has 1 saturated heterocycles. The second-order valence-electron chi connectivity index (χ2n) is 11.0. The molecule has 2 amide bonds. The van der Waals surface area contributed by atoms with Crippen LogP contribution < -0.4 is 16.4 Å². The summed E-state index contributed by atoms with van der Waals surface area (Å²) in [7, 11) is 0. The van der Waals surface area contributed by atoms with Gasteiger partial charge in [0.25, 0.3) is 0 Å². The summed E-state index contributed by atoms with van der Waals surface area (Å²) < 4.78 is 0. The van der Waals surface area contributed by atoms with Crippen LogP contribution in [0, 0.1) is 11.3 Å². The lowest BCUT2D eigenvalue weighted by molar-refractivity contribution is -0.423. The molecule has 1 aliphatic heterocycles. The Morgan fingerprint density at radius 1 is 1.18 bits per heavy atom. The number of benzene rings is 1. The van der Waals surface area contributed by atoms with E-state index < -0.39 is 6.04 Å². The highest BCUT2D eigenvalue weighted by molar-refractivity contribution is 6.35. The first-order valence-corrected chi connectivity index (χ1v) is 13.0. The molecule has 4 rings (SSSR count). The van der Waals surface area contributed by atoms with Crippen molar-refractivity contribution >= 4 is 35.0 Å². The number of nitrogens with zero attached hydrogens (tertiary/aromatic N) is 1. The number of carbonyl (C=O) groups excluding carboxylic acids is 2. The van der Waals surface area contributed by atoms with Gasteiger partial charge in [0.05, 0.1) is 18.1 Å². The Bertz CT molecular complexity index is 912. The van der Waals surface area contributed by atoms with E-state index in [1.54, 1.807) is 11.0 Å². The van der Waals surface area contributed by atoms with Crippen LogP contribution in [0.5, 0.6) is 0 Å². The summed E-state index contributed by atoms with van der Waals surface area (Å²) >= 11 is 12.6. The number of halogens is 2. The zero-order chi connectivity index (χ0) is 23.9. The van der Waals surface area contributed by atoms with Crippen molar-refractivity contribution in [2.75, 3.05) is 13.1 Å². The van der Waals surface area contributed by atoms with Gasteiger partial charge in [-0.15, -0.1) is 0 Å². The number of hydrogen-bond acceptors (Lipinski definition) is 3. The molecule has 1 heterocycles. The zero-order valence-corrected chi connectivity index (χ0v) is 21.4. The predicted molar refractivity (Wildman–Crippen MR) is 131 cm³/mol. The van der Waals surface area contributed by atoms with Gasteiger partial charge in [0.1, 0.15) is 6.04 Å². The molecule has 0 bridgehead atoms. The van der Waals surface area contributed by atoms with E-state index in [-0.39, 0.29) is 29.3 Å². The molecule has 33 heavy (non-hydrogen) atoms. The Labute approximate surface area is 206 Å². The van der Waals surface area contributed by atoms with E-state index >= 15 is 0 Å². The zero-order valence-electron chi connectivity index (χ0n) is 19.9. The van der Waals surface area contributed by atoms with Crippen LogP contribution >= 0.6 is 23.2 Å². The fourth-order valence-electron chi connectivity index (χ4n) is 5.30. The SMILES string of the molecule is CC(C)(C)[C@H](NCC([NH3+])C1CC1)C(=O)N1CCC[C@H]1C(=O)NC1CCc2c(Cl)cc(Cl)cc21. The van der Waals surface area contributed by atoms with Crippen molar-refractivity contribution < 1.29 is 15.3 Å². The number of hydrogen-bond donors (Lipinski definition) is 3. The lowest BCUT2D eigenvalue weighted by Gasteiger charge is -2.36. The molecule has 1 saturated carbocycles. The van der Waals surface area contributed by atoms with E-state index in [2.05, 4.69) is 37.1 Å². The van der Waals surface area contributed by atoms with Crippen molar-refractivity contribution in [3.63, 3.8) is 0 Å². The van der Waals surface area contributed by atoms with E-state index in [4.69, 9.17) is 23.2 Å². The minimum Gasteiger partial charge on any atom is -0.354 e. The summed E-state index contributed by atoms with van der Waals surface area (Å²) in [5.41, 5.74) is 6.06. The van der Waals surface area contributed by atoms with E-state index in [0.717, 1.165) is 36.9 Å². The Kier molecular flexibility index (Phi) is 7.30. The molecule has 6 nitrogen and oxygen atoms in total. The fraction of sp³-hybridized carbons (Fsp3) is 0.680. The van der Waals surface area contributed by atoms with E-state index in [9.17, 15) is 9.59 Å². The number of rotatable bonds is 7. The normalized spacial score (nSPS) is 24.5. The fourth-order valence-corrected chi connectivity index (χ4v) is 5.90. The summed E-state index contributed by atoms with van der Waals surface area (Å²) in [5.74, 6) is 0.603. The summed E-state index contributed by atoms with van der Waals surface area (Å²) in [5, 5.41) is 7.92. The van der Waals surface area contributed by atoms with E-state index in [1.165, 1.54) is 12.8 Å². The van der Waals surface area contributed by atoms with E-state index in [1.807, 2.05) is 6.07 Å². The molecule has 1 aromatic carbocycles. The maximum Gasteiger partial charge on any atom is 0.243 e. The first kappa shape index (κ1) is 24.8. The molecule has 1 aromatic rings. The predicted octanol–water partition coefficient (Wildman–Crippen LogP) is 3.11. The molecular formula is C25H37Cl2N4O2+. The maximum absolute atomic E-state index is 13.7. The minimum absolute atomic E-state index is 0.0149. The van der Waals surface area contributed by atoms with Crippen LogP contribution in [0.15, 0.2) is 12.1 Å². The molecule has 2 fully saturated rings. The topological polar surface area (TPSA) is 89.1 Å². The highest BCUT2D eigenvalue weighted by Crippen LogP contribution is 2.38. The molecule has 3 aliphatic rings. The van der Waals surface area contributed by atoms with E-state index in [0.29, 0.717) is 35.0 Å². The number of quaternary nitrogens is 1. The Hall–Kier alpha value is -1.34. The van der Waals surface area contributed by atoms with Crippen molar-refractivity contribution in [3.05, 3.63) is 33.3 Å². The number of amides is 2. The van der Waals surface area contributed by atoms with Gasteiger partial charge in [-0.1, -0.05) is 44.0 Å². The summed E-state index contributed by atoms with van der Waals surface area (Å²) in [6, 6.07) is 3.06. The molecule has 182 valence electrons. The molecular weight excluding hydrogens is 459 g/mol. The van der Waals surface area contributed by atoms with Crippen LogP contribution in [-0.4, -0.2) is 47.9 Å². The average Bonchev–Trinajstić information content (AvgIpc) is 3.33. The Balaban J connectivity index is 1.44. The summed E-state index contributed by atoms with van der Waals surface area (Å²) in [6.45, 7) is 7.56. The third kappa shape index (κ3) is 5.50. The van der Waals surface area contributed by atoms with Crippen LogP contribution in [0.2, 0.25) is 10.0 Å². The van der Waals surface area contributed by atoms with Crippen molar-refractivity contribution in [2.24, 2.45) is 11.3 Å². The maximum atomic E-state index is 13.7. The molecule has 5 N–H and O–H groups in total. The number of likely N-dealkylation sites (tertiary alicyclic amines) is 1. The average molecular weight is 497 g/mol. The minimum atomic E-state index is -0.443. The van der Waals surface area contributed by atoms with Gasteiger partial charge in [0.15, 0.2) is 0 Å². The molecule has 0 spiro atoms. The van der Waals surface area contributed by atoms with Crippen LogP contribution in [-0.2, 0) is 16.0 Å². The van der Waals surface area contributed by atoms with Gasteiger partial charge in [-0.2, -0.15) is 0 Å². The molecule has 0 aromatic heterocycles. The number of nitrogens with one attached hydrogen (secondary N) is 2. The highest BCUT2D eigenvalue weighted by Gasteiger charge is 2.42. The lowest BCUT2D eigenvalue weighted by Crippen LogP contribution is -2.68. The largest absolute Gasteiger partial charge is 0.354 e. The molecule has 0 radical (unpaired) electrons. The highest BCUT2D eigenvalue weighted by atomic mass is 35.5. The third-order valence-electron chi connectivity index (χ3n) is 7.39. The molecule has 2 aliphatic carbocycles. The van der Waals surface area contributed by atoms with Gasteiger partial charge in [-0.3, -0.25) is 14.9 Å². The molecule has 4 atom stereocenters. The first-order chi connectivity index (χ1) is 15.6. The Morgan fingerprint density at radius 2 is 1.91 bits per heavy atom. The lowest BCUT2D eigenvalue weighted by atomic mass is 9.85. The van der Waals surface area contributed by atoms with Crippen LogP contribution in [0.4, 0.5) is 0 Å². The summed E-state index contributed by atoms with van der Waals surface area (Å²) in [4.78, 5) is 28.8. The van der Waals surface area contributed by atoms with Crippen molar-refractivity contribution in [1.29, 1.82) is 0 Å². The monoisotopic (exact) mass is 495 g/mol. The van der Waals surface area contributed by atoms with Crippen LogP contribution in [0.25, 0.3) is 0 Å². The first-order valence-electron chi connectivity index (χ1n) is 12.2. The van der Waals surface area contributed by atoms with Gasteiger partial charge < -0.3 is 16.0 Å². The van der Waals surface area contributed by atoms with Gasteiger partial charge in [0.2, 0.25) is 11.8 Å². The van der Waals surface area contributed by atoms with Crippen molar-refractivity contribution in [1.82, 2.24) is 15.5 Å². The Morgan fingerprint density at radius 3 is 2.58 bits per heavy atom.